The summed E-state index contributed by atoms with van der Waals surface area (Å²) in [4.78, 5) is 25.9. The van der Waals surface area contributed by atoms with Crippen LogP contribution in [0.15, 0.2) is 42.7 Å². The quantitative estimate of drug-likeness (QED) is 0.544. The summed E-state index contributed by atoms with van der Waals surface area (Å²) < 4.78 is 66.0. The van der Waals surface area contributed by atoms with E-state index >= 15 is 0 Å². The van der Waals surface area contributed by atoms with E-state index in [0.29, 0.717) is 22.0 Å². The van der Waals surface area contributed by atoms with Gasteiger partial charge in [0.1, 0.15) is 0 Å². The van der Waals surface area contributed by atoms with Gasteiger partial charge in [-0.1, -0.05) is 12.1 Å². The Morgan fingerprint density at radius 2 is 1.79 bits per heavy atom. The van der Waals surface area contributed by atoms with Crippen molar-refractivity contribution in [3.05, 3.63) is 65.4 Å². The normalized spacial score (nSPS) is 17.5. The number of aromatic nitrogens is 3. The van der Waals surface area contributed by atoms with Crippen molar-refractivity contribution in [2.45, 2.75) is 37.9 Å². The molecule has 1 saturated heterocycles. The van der Waals surface area contributed by atoms with Crippen LogP contribution in [-0.2, 0) is 6.18 Å². The van der Waals surface area contributed by atoms with Gasteiger partial charge in [-0.25, -0.2) is 18.7 Å². The molecule has 4 rings (SSSR count). The highest BCUT2D eigenvalue weighted by molar-refractivity contribution is 6.06. The molecule has 3 heterocycles. The Balaban J connectivity index is 1.57. The van der Waals surface area contributed by atoms with Crippen LogP contribution in [0.3, 0.4) is 0 Å². The number of fused-ring (bicyclic) bond motifs is 1. The number of carbonyl (C=O) groups excluding carboxylic acids is 1. The second kappa shape index (κ2) is 9.21. The molecule has 1 aromatic carbocycles. The first kappa shape index (κ1) is 23.9. The Hall–Kier alpha value is -3.21. The molecular formula is C23H22F5N5O. The molecule has 0 aliphatic carbocycles. The van der Waals surface area contributed by atoms with Crippen LogP contribution in [0.5, 0.6) is 0 Å². The van der Waals surface area contributed by atoms with Crippen LogP contribution >= 0.6 is 0 Å². The minimum Gasteiger partial charge on any atom is -0.350 e. The molecule has 1 N–H and O–H groups in total. The number of nitrogens with zero attached hydrogens (tertiary/aromatic N) is 4. The van der Waals surface area contributed by atoms with Gasteiger partial charge in [-0.2, -0.15) is 13.2 Å². The van der Waals surface area contributed by atoms with Crippen molar-refractivity contribution < 1.29 is 26.7 Å². The third kappa shape index (κ3) is 5.30. The third-order valence-electron chi connectivity index (χ3n) is 5.85. The highest BCUT2D eigenvalue weighted by atomic mass is 19.4. The molecule has 11 heteroatoms. The molecule has 0 radical (unpaired) electrons. The maximum absolute atomic E-state index is 13.7. The number of nitrogens with one attached hydrogen (secondary N) is 1. The Morgan fingerprint density at radius 1 is 1.12 bits per heavy atom. The van der Waals surface area contributed by atoms with Gasteiger partial charge in [0.25, 0.3) is 11.8 Å². The summed E-state index contributed by atoms with van der Waals surface area (Å²) in [5.74, 6) is -4.49. The first-order valence-corrected chi connectivity index (χ1v) is 10.7. The van der Waals surface area contributed by atoms with E-state index in [9.17, 15) is 26.7 Å². The average Bonchev–Trinajstić information content (AvgIpc) is 2.79. The van der Waals surface area contributed by atoms with Gasteiger partial charge in [0.15, 0.2) is 0 Å². The molecule has 0 spiro atoms. The van der Waals surface area contributed by atoms with Crippen molar-refractivity contribution >= 4 is 16.8 Å². The Bertz CT molecular complexity index is 1170. The summed E-state index contributed by atoms with van der Waals surface area (Å²) >= 11 is 0. The van der Waals surface area contributed by atoms with E-state index in [4.69, 9.17) is 0 Å². The number of amides is 1. The van der Waals surface area contributed by atoms with E-state index in [2.05, 4.69) is 20.3 Å². The SMILES string of the molecule is Cc1ccc2c(C(=O)NCC(c3cnc(C(F)(F)F)nc3)N3CCC(F)(F)CC3)cccc2n1. The number of hydrogen-bond donors (Lipinski definition) is 1. The van der Waals surface area contributed by atoms with Gasteiger partial charge < -0.3 is 5.32 Å². The highest BCUT2D eigenvalue weighted by Crippen LogP contribution is 2.33. The molecule has 1 unspecified atom stereocenters. The third-order valence-corrected chi connectivity index (χ3v) is 5.85. The smallest absolute Gasteiger partial charge is 0.350 e. The van der Waals surface area contributed by atoms with Crippen molar-refractivity contribution in [2.75, 3.05) is 19.6 Å². The molecule has 1 aliphatic rings. The van der Waals surface area contributed by atoms with Gasteiger partial charge in [0, 0.05) is 67.1 Å². The zero-order chi connectivity index (χ0) is 24.5. The summed E-state index contributed by atoms with van der Waals surface area (Å²) in [6.45, 7) is 1.86. The van der Waals surface area contributed by atoms with Gasteiger partial charge in [-0.15, -0.1) is 0 Å². The molecule has 1 fully saturated rings. The molecule has 1 atom stereocenters. The fraction of sp³-hybridized carbons (Fsp3) is 0.391. The lowest BCUT2D eigenvalue weighted by molar-refractivity contribution is -0.145. The summed E-state index contributed by atoms with van der Waals surface area (Å²) in [7, 11) is 0. The average molecular weight is 479 g/mol. The molecule has 2 aromatic heterocycles. The predicted molar refractivity (Wildman–Crippen MR) is 114 cm³/mol. The van der Waals surface area contributed by atoms with Crippen LogP contribution in [-0.4, -0.2) is 51.3 Å². The zero-order valence-electron chi connectivity index (χ0n) is 18.2. The zero-order valence-corrected chi connectivity index (χ0v) is 18.2. The predicted octanol–water partition coefficient (Wildman–Crippen LogP) is 4.55. The van der Waals surface area contributed by atoms with Gasteiger partial charge in [0.2, 0.25) is 5.82 Å². The van der Waals surface area contributed by atoms with E-state index < -0.39 is 29.9 Å². The van der Waals surface area contributed by atoms with Crippen molar-refractivity contribution in [1.29, 1.82) is 0 Å². The molecule has 3 aromatic rings. The molecule has 0 saturated carbocycles. The number of likely N-dealkylation sites (tertiary alicyclic amines) is 1. The highest BCUT2D eigenvalue weighted by Gasteiger charge is 2.38. The topological polar surface area (TPSA) is 71.0 Å². The number of carbonyl (C=O) groups is 1. The monoisotopic (exact) mass is 479 g/mol. The van der Waals surface area contributed by atoms with Gasteiger partial charge >= 0.3 is 6.18 Å². The summed E-state index contributed by atoms with van der Waals surface area (Å²) in [5.41, 5.74) is 2.14. The van der Waals surface area contributed by atoms with Gasteiger partial charge in [0.05, 0.1) is 11.6 Å². The van der Waals surface area contributed by atoms with Gasteiger partial charge in [-0.3, -0.25) is 14.7 Å². The van der Waals surface area contributed by atoms with Crippen LogP contribution in [0.4, 0.5) is 22.0 Å². The van der Waals surface area contributed by atoms with Crippen molar-refractivity contribution in [2.24, 2.45) is 0 Å². The minimum absolute atomic E-state index is 0.0190. The van der Waals surface area contributed by atoms with Crippen molar-refractivity contribution in [1.82, 2.24) is 25.2 Å². The standard InChI is InChI=1S/C23H22F5N5O/c1-14-5-6-16-17(3-2-4-18(16)32-14)20(34)29-13-19(33-9-7-22(24,25)8-10-33)15-11-30-21(31-12-15)23(26,27)28/h2-6,11-12,19H,7-10,13H2,1H3,(H,29,34). The number of piperidine rings is 1. The molecule has 1 amide bonds. The number of halogens is 5. The lowest BCUT2D eigenvalue weighted by Crippen LogP contribution is -2.45. The molecule has 6 nitrogen and oxygen atoms in total. The van der Waals surface area contributed by atoms with Crippen molar-refractivity contribution in [3.8, 4) is 0 Å². The lowest BCUT2D eigenvalue weighted by atomic mass is 10.0. The minimum atomic E-state index is -4.70. The number of pyridine rings is 1. The first-order valence-electron chi connectivity index (χ1n) is 10.7. The Morgan fingerprint density at radius 3 is 2.44 bits per heavy atom. The molecule has 0 bridgehead atoms. The van der Waals surface area contributed by atoms with Crippen LogP contribution in [0.2, 0.25) is 0 Å². The summed E-state index contributed by atoms with van der Waals surface area (Å²) in [5, 5.41) is 3.44. The van der Waals surface area contributed by atoms with E-state index in [-0.39, 0.29) is 32.5 Å². The van der Waals surface area contributed by atoms with E-state index in [1.165, 1.54) is 0 Å². The molecule has 180 valence electrons. The van der Waals surface area contributed by atoms with Gasteiger partial charge in [-0.05, 0) is 25.1 Å². The summed E-state index contributed by atoms with van der Waals surface area (Å²) in [6, 6.07) is 8.05. The number of rotatable bonds is 5. The molecule has 1 aliphatic heterocycles. The number of hydrogen-bond acceptors (Lipinski definition) is 5. The second-order valence-corrected chi connectivity index (χ2v) is 8.28. The Kier molecular flexibility index (Phi) is 6.48. The number of benzene rings is 1. The van der Waals surface area contributed by atoms with Crippen molar-refractivity contribution in [3.63, 3.8) is 0 Å². The molecular weight excluding hydrogens is 457 g/mol. The van der Waals surface area contributed by atoms with E-state index in [0.717, 1.165) is 18.1 Å². The summed E-state index contributed by atoms with van der Waals surface area (Å²) in [6.07, 6.45) is -3.40. The largest absolute Gasteiger partial charge is 0.451 e. The second-order valence-electron chi connectivity index (χ2n) is 8.28. The first-order chi connectivity index (χ1) is 16.0. The number of alkyl halides is 5. The number of aryl methyl sites for hydroxylation is 1. The molecule has 34 heavy (non-hydrogen) atoms. The fourth-order valence-electron chi connectivity index (χ4n) is 4.02. The fourth-order valence-corrected chi connectivity index (χ4v) is 4.02. The Labute approximate surface area is 192 Å². The van der Waals surface area contributed by atoms with E-state index in [1.54, 1.807) is 35.2 Å². The van der Waals surface area contributed by atoms with Crippen LogP contribution in [0.25, 0.3) is 10.9 Å². The lowest BCUT2D eigenvalue weighted by Gasteiger charge is -2.37. The maximum atomic E-state index is 13.7. The van der Waals surface area contributed by atoms with Crippen LogP contribution < -0.4 is 5.32 Å². The van der Waals surface area contributed by atoms with Crippen LogP contribution in [0.1, 0.15) is 46.3 Å². The van der Waals surface area contributed by atoms with E-state index in [1.807, 2.05) is 6.92 Å². The van der Waals surface area contributed by atoms with Crippen LogP contribution in [0, 0.1) is 6.92 Å². The maximum Gasteiger partial charge on any atom is 0.451 e.